The number of nitrogens with one attached hydrogen (secondary N) is 2. The van der Waals surface area contributed by atoms with Gasteiger partial charge in [0.05, 0.1) is 11.1 Å². The summed E-state index contributed by atoms with van der Waals surface area (Å²) in [5.74, 6) is -0.406. The number of anilines is 3. The molecule has 2 aromatic carbocycles. The Balaban J connectivity index is 1.55. The van der Waals surface area contributed by atoms with Crippen LogP contribution in [0.1, 0.15) is 49.5 Å². The van der Waals surface area contributed by atoms with Crippen molar-refractivity contribution in [3.05, 3.63) is 59.7 Å². The van der Waals surface area contributed by atoms with Gasteiger partial charge in [-0.05, 0) is 75.6 Å². The number of alkyl halides is 3. The monoisotopic (exact) mass is 517 g/mol. The highest BCUT2D eigenvalue weighted by atomic mass is 19.4. The molecule has 37 heavy (non-hydrogen) atoms. The minimum Gasteiger partial charge on any atom is -0.508 e. The molecule has 1 aliphatic rings. The first-order valence-corrected chi connectivity index (χ1v) is 11.4. The summed E-state index contributed by atoms with van der Waals surface area (Å²) in [5, 5.41) is 15.6. The molecule has 0 amide bonds. The highest BCUT2D eigenvalue weighted by molar-refractivity contribution is 5.90. The molecule has 12 heteroatoms. The second kappa shape index (κ2) is 9.75. The van der Waals surface area contributed by atoms with Crippen LogP contribution in [-0.2, 0) is 10.3 Å². The lowest BCUT2D eigenvalue weighted by Gasteiger charge is -2.19. The zero-order chi connectivity index (χ0) is 26.8. The lowest BCUT2D eigenvalue weighted by molar-refractivity contribution is -0.154. The van der Waals surface area contributed by atoms with Gasteiger partial charge in [0.25, 0.3) is 0 Å². The van der Waals surface area contributed by atoms with Crippen LogP contribution in [0.5, 0.6) is 11.8 Å². The molecule has 0 aliphatic heterocycles. The second-order valence-electron chi connectivity index (χ2n) is 9.63. The fraction of sp³-hybridized carbons (Fsp3) is 0.360. The molecule has 0 atom stereocenters. The number of aromatic nitrogens is 3. The van der Waals surface area contributed by atoms with E-state index >= 15 is 0 Å². The summed E-state index contributed by atoms with van der Waals surface area (Å²) in [6, 6.07) is 12.4. The van der Waals surface area contributed by atoms with E-state index in [2.05, 4.69) is 25.6 Å². The molecule has 1 saturated carbocycles. The van der Waals surface area contributed by atoms with Crippen LogP contribution in [0, 0.1) is 0 Å². The molecule has 1 fully saturated rings. The van der Waals surface area contributed by atoms with E-state index in [1.807, 2.05) is 0 Å². The topological polar surface area (TPSA) is 118 Å². The number of phenols is 1. The largest absolute Gasteiger partial charge is 0.508 e. The highest BCUT2D eigenvalue weighted by Gasteiger charge is 2.45. The molecule has 0 spiro atoms. The summed E-state index contributed by atoms with van der Waals surface area (Å²) in [6.07, 6.45) is -3.11. The smallest absolute Gasteiger partial charge is 0.422 e. The summed E-state index contributed by atoms with van der Waals surface area (Å²) in [7, 11) is 0. The molecule has 9 nitrogen and oxygen atoms in total. The van der Waals surface area contributed by atoms with E-state index in [-0.39, 0.29) is 17.6 Å². The van der Waals surface area contributed by atoms with E-state index in [4.69, 9.17) is 9.47 Å². The van der Waals surface area contributed by atoms with Crippen LogP contribution in [0.4, 0.5) is 30.8 Å². The standard InChI is InChI=1S/C25H26F3N5O4/c1-23(2,3)37-19(35)15-4-8-17(9-5-15)29-20-30-21(32-22(31-20)36-14-25(26,27)28)33-24(12-13-24)16-6-10-18(34)11-7-16/h4-11,34H,12-14H2,1-3H3,(H2,29,30,31,32,33). The van der Waals surface area contributed by atoms with Gasteiger partial charge in [-0.2, -0.15) is 28.1 Å². The molecule has 0 radical (unpaired) electrons. The average molecular weight is 518 g/mol. The predicted molar refractivity (Wildman–Crippen MR) is 129 cm³/mol. The Labute approximate surface area is 211 Å². The second-order valence-corrected chi connectivity index (χ2v) is 9.63. The summed E-state index contributed by atoms with van der Waals surface area (Å²) in [6.45, 7) is 3.72. The van der Waals surface area contributed by atoms with Gasteiger partial charge in [-0.1, -0.05) is 12.1 Å². The van der Waals surface area contributed by atoms with Crippen LogP contribution >= 0.6 is 0 Å². The first kappa shape index (κ1) is 26.0. The van der Waals surface area contributed by atoms with Gasteiger partial charge in [0, 0.05) is 5.69 Å². The Bertz CT molecular complexity index is 1260. The van der Waals surface area contributed by atoms with Gasteiger partial charge in [-0.3, -0.25) is 0 Å². The van der Waals surface area contributed by atoms with Crippen molar-refractivity contribution in [3.63, 3.8) is 0 Å². The van der Waals surface area contributed by atoms with Gasteiger partial charge in [0.1, 0.15) is 11.4 Å². The van der Waals surface area contributed by atoms with Gasteiger partial charge in [0.15, 0.2) is 6.61 Å². The normalized spacial score (nSPS) is 14.5. The number of ether oxygens (including phenoxy) is 2. The van der Waals surface area contributed by atoms with E-state index in [1.165, 1.54) is 0 Å². The van der Waals surface area contributed by atoms with Crippen LogP contribution in [0.15, 0.2) is 48.5 Å². The number of hydrogen-bond acceptors (Lipinski definition) is 9. The fourth-order valence-corrected chi connectivity index (χ4v) is 3.44. The number of rotatable bonds is 8. The molecule has 1 aromatic heterocycles. The molecule has 3 aromatic rings. The van der Waals surface area contributed by atoms with E-state index < -0.39 is 35.9 Å². The lowest BCUT2D eigenvalue weighted by Crippen LogP contribution is -2.23. The Kier molecular flexibility index (Phi) is 6.85. The Morgan fingerprint density at radius 1 is 0.973 bits per heavy atom. The molecule has 0 saturated heterocycles. The van der Waals surface area contributed by atoms with Crippen molar-refractivity contribution in [2.45, 2.75) is 50.9 Å². The number of nitrogens with zero attached hydrogens (tertiary/aromatic N) is 3. The number of phenolic OH excluding ortho intramolecular Hbond substituents is 1. The number of halogens is 3. The summed E-state index contributed by atoms with van der Waals surface area (Å²) in [4.78, 5) is 24.5. The first-order valence-electron chi connectivity index (χ1n) is 11.4. The summed E-state index contributed by atoms with van der Waals surface area (Å²) >= 11 is 0. The molecule has 0 unspecified atom stereocenters. The maximum Gasteiger partial charge on any atom is 0.422 e. The van der Waals surface area contributed by atoms with E-state index in [9.17, 15) is 23.1 Å². The Hall–Kier alpha value is -4.09. The van der Waals surface area contributed by atoms with Gasteiger partial charge >= 0.3 is 18.2 Å². The molecule has 1 aliphatic carbocycles. The number of carbonyl (C=O) groups is 1. The van der Waals surface area contributed by atoms with Gasteiger partial charge in [-0.15, -0.1) is 0 Å². The Morgan fingerprint density at radius 2 is 1.59 bits per heavy atom. The van der Waals surface area contributed by atoms with Crippen molar-refractivity contribution in [1.82, 2.24) is 15.0 Å². The van der Waals surface area contributed by atoms with Crippen molar-refractivity contribution < 1.29 is 32.5 Å². The zero-order valence-corrected chi connectivity index (χ0v) is 20.4. The van der Waals surface area contributed by atoms with E-state index in [0.29, 0.717) is 11.3 Å². The van der Waals surface area contributed by atoms with Crippen molar-refractivity contribution in [2.75, 3.05) is 17.2 Å². The quantitative estimate of drug-likeness (QED) is 0.341. The summed E-state index contributed by atoms with van der Waals surface area (Å²) < 4.78 is 48.4. The minimum atomic E-state index is -4.57. The third kappa shape index (κ3) is 7.21. The molecule has 4 rings (SSSR count). The van der Waals surface area contributed by atoms with E-state index in [1.54, 1.807) is 69.3 Å². The number of aromatic hydroxyl groups is 1. The van der Waals surface area contributed by atoms with Crippen molar-refractivity contribution in [3.8, 4) is 11.8 Å². The van der Waals surface area contributed by atoms with Crippen molar-refractivity contribution in [2.24, 2.45) is 0 Å². The predicted octanol–water partition coefficient (Wildman–Crippen LogP) is 5.32. The van der Waals surface area contributed by atoms with E-state index in [0.717, 1.165) is 18.4 Å². The number of esters is 1. The molecule has 196 valence electrons. The minimum absolute atomic E-state index is 0.0191. The average Bonchev–Trinajstić information content (AvgIpc) is 3.57. The molecule has 0 bridgehead atoms. The van der Waals surface area contributed by atoms with Crippen LogP contribution in [-0.4, -0.2) is 44.4 Å². The van der Waals surface area contributed by atoms with Crippen molar-refractivity contribution in [1.29, 1.82) is 0 Å². The molecule has 1 heterocycles. The molecule has 3 N–H and O–H groups in total. The van der Waals surface area contributed by atoms with Gasteiger partial charge < -0.3 is 25.2 Å². The molecular weight excluding hydrogens is 491 g/mol. The van der Waals surface area contributed by atoms with Gasteiger partial charge in [-0.25, -0.2) is 4.79 Å². The number of carbonyl (C=O) groups excluding carboxylic acids is 1. The third-order valence-corrected chi connectivity index (χ3v) is 5.28. The highest BCUT2D eigenvalue weighted by Crippen LogP contribution is 2.48. The molecular formula is C25H26F3N5O4. The van der Waals surface area contributed by atoms with Crippen LogP contribution in [0.2, 0.25) is 0 Å². The number of benzene rings is 2. The van der Waals surface area contributed by atoms with Crippen LogP contribution in [0.3, 0.4) is 0 Å². The van der Waals surface area contributed by atoms with Crippen LogP contribution < -0.4 is 15.4 Å². The first-order chi connectivity index (χ1) is 17.3. The third-order valence-electron chi connectivity index (χ3n) is 5.28. The SMILES string of the molecule is CC(C)(C)OC(=O)c1ccc(Nc2nc(NC3(c4ccc(O)cc4)CC3)nc(OCC(F)(F)F)n2)cc1. The van der Waals surface area contributed by atoms with Crippen LogP contribution in [0.25, 0.3) is 0 Å². The lowest BCUT2D eigenvalue weighted by atomic mass is 10.1. The zero-order valence-electron chi connectivity index (χ0n) is 20.4. The fourth-order valence-electron chi connectivity index (χ4n) is 3.44. The summed E-state index contributed by atoms with van der Waals surface area (Å²) in [5.41, 5.74) is 0.510. The Morgan fingerprint density at radius 3 is 2.16 bits per heavy atom. The maximum absolute atomic E-state index is 12.7. The number of hydrogen-bond donors (Lipinski definition) is 3. The van der Waals surface area contributed by atoms with Gasteiger partial charge in [0.2, 0.25) is 11.9 Å². The maximum atomic E-state index is 12.7. The van der Waals surface area contributed by atoms with Crippen molar-refractivity contribution >= 4 is 23.6 Å².